The molecule has 0 saturated carbocycles. The summed E-state index contributed by atoms with van der Waals surface area (Å²) in [5.74, 6) is 0.933. The Labute approximate surface area is 81.5 Å². The van der Waals surface area contributed by atoms with Gasteiger partial charge in [-0.15, -0.1) is 0 Å². The standard InChI is InChI=1S/C9H9ClN2O/c10-8-5-7(6-11)13-9(8)12-3-1-2-4-12/h5H,1-4H2. The molecule has 1 saturated heterocycles. The zero-order valence-corrected chi connectivity index (χ0v) is 7.84. The summed E-state index contributed by atoms with van der Waals surface area (Å²) in [4.78, 5) is 2.07. The molecule has 1 aliphatic heterocycles. The Balaban J connectivity index is 2.29. The Bertz CT molecular complexity index is 347. The number of nitrogens with zero attached hydrogens (tertiary/aromatic N) is 2. The van der Waals surface area contributed by atoms with E-state index in [2.05, 4.69) is 4.90 Å². The van der Waals surface area contributed by atoms with Gasteiger partial charge in [-0.1, -0.05) is 11.6 Å². The topological polar surface area (TPSA) is 40.2 Å². The Hall–Kier alpha value is -1.14. The zero-order chi connectivity index (χ0) is 9.26. The van der Waals surface area contributed by atoms with Gasteiger partial charge < -0.3 is 9.32 Å². The van der Waals surface area contributed by atoms with Gasteiger partial charge in [0, 0.05) is 19.2 Å². The van der Waals surface area contributed by atoms with Crippen molar-refractivity contribution in [3.63, 3.8) is 0 Å². The largest absolute Gasteiger partial charge is 0.428 e. The highest BCUT2D eigenvalue weighted by atomic mass is 35.5. The second-order valence-electron chi connectivity index (χ2n) is 3.07. The van der Waals surface area contributed by atoms with Gasteiger partial charge in [0.2, 0.25) is 11.6 Å². The van der Waals surface area contributed by atoms with Crippen molar-refractivity contribution < 1.29 is 4.42 Å². The summed E-state index contributed by atoms with van der Waals surface area (Å²) in [5.41, 5.74) is 0. The zero-order valence-electron chi connectivity index (χ0n) is 7.09. The molecular formula is C9H9ClN2O. The van der Waals surface area contributed by atoms with E-state index in [0.717, 1.165) is 13.1 Å². The maximum absolute atomic E-state index is 8.60. The lowest BCUT2D eigenvalue weighted by atomic mass is 10.4. The first-order valence-corrected chi connectivity index (χ1v) is 4.63. The molecule has 0 amide bonds. The van der Waals surface area contributed by atoms with Crippen molar-refractivity contribution in [3.8, 4) is 6.07 Å². The van der Waals surface area contributed by atoms with E-state index in [1.807, 2.05) is 6.07 Å². The Morgan fingerprint density at radius 2 is 2.15 bits per heavy atom. The number of hydrogen-bond acceptors (Lipinski definition) is 3. The highest BCUT2D eigenvalue weighted by Gasteiger charge is 2.19. The molecule has 13 heavy (non-hydrogen) atoms. The van der Waals surface area contributed by atoms with E-state index >= 15 is 0 Å². The number of furan rings is 1. The lowest BCUT2D eigenvalue weighted by molar-refractivity contribution is 0.544. The van der Waals surface area contributed by atoms with Gasteiger partial charge in [0.25, 0.3) is 0 Å². The third kappa shape index (κ3) is 1.50. The first kappa shape index (κ1) is 8.46. The first-order valence-electron chi connectivity index (χ1n) is 4.25. The molecule has 1 fully saturated rings. The van der Waals surface area contributed by atoms with E-state index < -0.39 is 0 Å². The summed E-state index contributed by atoms with van der Waals surface area (Å²) in [6.45, 7) is 1.94. The first-order chi connectivity index (χ1) is 6.31. The van der Waals surface area contributed by atoms with Crippen molar-refractivity contribution in [1.29, 1.82) is 5.26 Å². The van der Waals surface area contributed by atoms with Gasteiger partial charge >= 0.3 is 0 Å². The lowest BCUT2D eigenvalue weighted by Crippen LogP contribution is -2.16. The molecule has 2 rings (SSSR count). The van der Waals surface area contributed by atoms with E-state index in [1.165, 1.54) is 12.8 Å². The van der Waals surface area contributed by atoms with Crippen molar-refractivity contribution in [2.75, 3.05) is 18.0 Å². The Morgan fingerprint density at radius 1 is 1.46 bits per heavy atom. The predicted molar refractivity (Wildman–Crippen MR) is 49.9 cm³/mol. The fraction of sp³-hybridized carbons (Fsp3) is 0.444. The van der Waals surface area contributed by atoms with Crippen molar-refractivity contribution in [1.82, 2.24) is 0 Å². The van der Waals surface area contributed by atoms with Gasteiger partial charge in [0.15, 0.2) is 0 Å². The molecule has 68 valence electrons. The summed E-state index contributed by atoms with van der Waals surface area (Å²) in [6.07, 6.45) is 2.33. The van der Waals surface area contributed by atoms with E-state index in [-0.39, 0.29) is 5.76 Å². The molecule has 0 N–H and O–H groups in total. The van der Waals surface area contributed by atoms with Crippen molar-refractivity contribution >= 4 is 17.5 Å². The molecule has 3 nitrogen and oxygen atoms in total. The van der Waals surface area contributed by atoms with Crippen molar-refractivity contribution in [2.24, 2.45) is 0 Å². The van der Waals surface area contributed by atoms with Crippen LogP contribution in [0.5, 0.6) is 0 Å². The van der Waals surface area contributed by atoms with Crippen LogP contribution in [0.4, 0.5) is 5.88 Å². The van der Waals surface area contributed by atoms with Crippen LogP contribution in [0.25, 0.3) is 0 Å². The monoisotopic (exact) mass is 196 g/mol. The van der Waals surface area contributed by atoms with Crippen LogP contribution < -0.4 is 4.90 Å². The molecule has 0 aromatic carbocycles. The molecule has 2 heterocycles. The predicted octanol–water partition coefficient (Wildman–Crippen LogP) is 2.40. The van der Waals surface area contributed by atoms with Crippen LogP contribution in [0.15, 0.2) is 10.5 Å². The molecule has 0 bridgehead atoms. The normalized spacial score (nSPS) is 16.2. The average molecular weight is 197 g/mol. The number of hydrogen-bond donors (Lipinski definition) is 0. The Kier molecular flexibility index (Phi) is 2.15. The SMILES string of the molecule is N#Cc1cc(Cl)c(N2CCCC2)o1. The molecule has 0 unspecified atom stereocenters. The molecule has 0 spiro atoms. The van der Waals surface area contributed by atoms with E-state index in [4.69, 9.17) is 21.3 Å². The van der Waals surface area contributed by atoms with E-state index in [9.17, 15) is 0 Å². The fourth-order valence-corrected chi connectivity index (χ4v) is 1.81. The third-order valence-electron chi connectivity index (χ3n) is 2.17. The highest BCUT2D eigenvalue weighted by molar-refractivity contribution is 6.33. The quantitative estimate of drug-likeness (QED) is 0.693. The average Bonchev–Trinajstić information content (AvgIpc) is 2.72. The van der Waals surface area contributed by atoms with Crippen LogP contribution in [0.2, 0.25) is 5.02 Å². The summed E-state index contributed by atoms with van der Waals surface area (Å²) in [5, 5.41) is 9.14. The van der Waals surface area contributed by atoms with Crippen LogP contribution in [-0.2, 0) is 0 Å². The number of anilines is 1. The lowest BCUT2D eigenvalue weighted by Gasteiger charge is -2.13. The fourth-order valence-electron chi connectivity index (χ4n) is 1.55. The molecule has 1 aromatic rings. The van der Waals surface area contributed by atoms with Gasteiger partial charge in [-0.2, -0.15) is 5.26 Å². The minimum absolute atomic E-state index is 0.284. The summed E-state index contributed by atoms with van der Waals surface area (Å²) in [6, 6.07) is 3.50. The van der Waals surface area contributed by atoms with Crippen LogP contribution in [0, 0.1) is 11.3 Å². The molecule has 0 atom stereocenters. The molecule has 0 radical (unpaired) electrons. The van der Waals surface area contributed by atoms with E-state index in [1.54, 1.807) is 6.07 Å². The number of halogens is 1. The maximum atomic E-state index is 8.60. The summed E-state index contributed by atoms with van der Waals surface area (Å²) in [7, 11) is 0. The molecule has 1 aromatic heterocycles. The second-order valence-corrected chi connectivity index (χ2v) is 3.48. The molecule has 4 heteroatoms. The smallest absolute Gasteiger partial charge is 0.216 e. The van der Waals surface area contributed by atoms with Crippen LogP contribution in [0.1, 0.15) is 18.6 Å². The minimum Gasteiger partial charge on any atom is -0.428 e. The van der Waals surface area contributed by atoms with E-state index in [0.29, 0.717) is 10.9 Å². The number of nitriles is 1. The molecule has 1 aliphatic rings. The van der Waals surface area contributed by atoms with Crippen molar-refractivity contribution in [2.45, 2.75) is 12.8 Å². The van der Waals surface area contributed by atoms with Gasteiger partial charge in [0.1, 0.15) is 11.1 Å². The van der Waals surface area contributed by atoms with Crippen LogP contribution in [0.3, 0.4) is 0 Å². The van der Waals surface area contributed by atoms with Crippen LogP contribution >= 0.6 is 11.6 Å². The second kappa shape index (κ2) is 3.31. The van der Waals surface area contributed by atoms with Gasteiger partial charge in [0.05, 0.1) is 0 Å². The van der Waals surface area contributed by atoms with Crippen molar-refractivity contribution in [3.05, 3.63) is 16.8 Å². The van der Waals surface area contributed by atoms with Crippen LogP contribution in [-0.4, -0.2) is 13.1 Å². The number of rotatable bonds is 1. The highest BCUT2D eigenvalue weighted by Crippen LogP contribution is 2.31. The van der Waals surface area contributed by atoms with Gasteiger partial charge in [-0.05, 0) is 12.8 Å². The maximum Gasteiger partial charge on any atom is 0.216 e. The third-order valence-corrected chi connectivity index (χ3v) is 2.44. The minimum atomic E-state index is 0.284. The molecular weight excluding hydrogens is 188 g/mol. The Morgan fingerprint density at radius 3 is 2.69 bits per heavy atom. The molecule has 0 aliphatic carbocycles. The summed E-state index contributed by atoms with van der Waals surface area (Å²) < 4.78 is 5.28. The van der Waals surface area contributed by atoms with Gasteiger partial charge in [-0.3, -0.25) is 0 Å². The summed E-state index contributed by atoms with van der Waals surface area (Å²) >= 11 is 5.92. The van der Waals surface area contributed by atoms with Gasteiger partial charge in [-0.25, -0.2) is 0 Å².